The molecule has 0 bridgehead atoms. The summed E-state index contributed by atoms with van der Waals surface area (Å²) in [6, 6.07) is 10.2. The predicted octanol–water partition coefficient (Wildman–Crippen LogP) is 3.82. The van der Waals surface area contributed by atoms with Gasteiger partial charge in [-0.05, 0) is 50.2 Å². The summed E-state index contributed by atoms with van der Waals surface area (Å²) >= 11 is 5.31. The van der Waals surface area contributed by atoms with Crippen molar-refractivity contribution in [3.05, 3.63) is 59.8 Å². The van der Waals surface area contributed by atoms with Crippen LogP contribution in [0.15, 0.2) is 43.0 Å². The molecule has 2 N–H and O–H groups in total. The van der Waals surface area contributed by atoms with Crippen LogP contribution >= 0.6 is 12.2 Å². The maximum absolute atomic E-state index is 5.31. The standard InChI is InChI=1S/C19H21N5S/c1-5-9-20-19(25)22-17-11-14(4)23-24(17)16-10-13(3)15-8-6-7-12(2)18(15)21-16/h5-8,10-11H,1,9H2,2-4H3,(H2,20,22,25). The number of nitrogens with zero attached hydrogens (tertiary/aromatic N) is 3. The zero-order valence-electron chi connectivity index (χ0n) is 14.6. The second kappa shape index (κ2) is 7.03. The van der Waals surface area contributed by atoms with E-state index in [9.17, 15) is 0 Å². The van der Waals surface area contributed by atoms with Crippen molar-refractivity contribution in [3.8, 4) is 5.82 Å². The SMILES string of the molecule is C=CCNC(=S)Nc1cc(C)nn1-c1cc(C)c2cccc(C)c2n1. The molecule has 0 atom stereocenters. The van der Waals surface area contributed by atoms with E-state index in [2.05, 4.69) is 54.4 Å². The maximum atomic E-state index is 5.31. The molecule has 3 rings (SSSR count). The monoisotopic (exact) mass is 351 g/mol. The third kappa shape index (κ3) is 3.53. The first-order valence-corrected chi connectivity index (χ1v) is 8.50. The Hall–Kier alpha value is -2.73. The third-order valence-electron chi connectivity index (χ3n) is 3.93. The molecule has 0 fully saturated rings. The number of fused-ring (bicyclic) bond motifs is 1. The fourth-order valence-corrected chi connectivity index (χ4v) is 2.93. The summed E-state index contributed by atoms with van der Waals surface area (Å²) in [7, 11) is 0. The average Bonchev–Trinajstić information content (AvgIpc) is 2.94. The van der Waals surface area contributed by atoms with Crippen molar-refractivity contribution >= 4 is 34.1 Å². The number of aromatic nitrogens is 3. The van der Waals surface area contributed by atoms with Crippen LogP contribution in [0, 0.1) is 20.8 Å². The predicted molar refractivity (Wildman–Crippen MR) is 107 cm³/mol. The minimum absolute atomic E-state index is 0.523. The number of anilines is 1. The summed E-state index contributed by atoms with van der Waals surface area (Å²) in [5.41, 5.74) is 4.18. The van der Waals surface area contributed by atoms with E-state index in [0.717, 1.165) is 39.4 Å². The fourth-order valence-electron chi connectivity index (χ4n) is 2.74. The van der Waals surface area contributed by atoms with Crippen LogP contribution in [0.25, 0.3) is 16.7 Å². The van der Waals surface area contributed by atoms with Gasteiger partial charge in [0, 0.05) is 18.0 Å². The van der Waals surface area contributed by atoms with Crippen LogP contribution in [0.1, 0.15) is 16.8 Å². The summed E-state index contributed by atoms with van der Waals surface area (Å²) in [6.07, 6.45) is 1.76. The number of hydrogen-bond donors (Lipinski definition) is 2. The number of hydrogen-bond acceptors (Lipinski definition) is 3. The molecule has 0 radical (unpaired) electrons. The summed E-state index contributed by atoms with van der Waals surface area (Å²) in [6.45, 7) is 10.4. The summed E-state index contributed by atoms with van der Waals surface area (Å²) in [4.78, 5) is 4.83. The summed E-state index contributed by atoms with van der Waals surface area (Å²) in [5, 5.41) is 12.5. The number of benzene rings is 1. The molecule has 6 heteroatoms. The van der Waals surface area contributed by atoms with Crippen LogP contribution in [0.3, 0.4) is 0 Å². The van der Waals surface area contributed by atoms with Gasteiger partial charge in [-0.1, -0.05) is 24.3 Å². The van der Waals surface area contributed by atoms with Gasteiger partial charge in [0.25, 0.3) is 0 Å². The minimum atomic E-state index is 0.523. The van der Waals surface area contributed by atoms with E-state index in [-0.39, 0.29) is 0 Å². The molecule has 0 unspecified atom stereocenters. The van der Waals surface area contributed by atoms with E-state index in [1.54, 1.807) is 10.8 Å². The van der Waals surface area contributed by atoms with Crippen LogP contribution < -0.4 is 10.6 Å². The van der Waals surface area contributed by atoms with E-state index in [1.165, 1.54) is 0 Å². The maximum Gasteiger partial charge on any atom is 0.172 e. The Morgan fingerprint density at radius 2 is 2.04 bits per heavy atom. The largest absolute Gasteiger partial charge is 0.359 e. The lowest BCUT2D eigenvalue weighted by atomic mass is 10.1. The van der Waals surface area contributed by atoms with E-state index < -0.39 is 0 Å². The molecule has 0 aliphatic rings. The van der Waals surface area contributed by atoms with E-state index in [1.807, 2.05) is 19.1 Å². The van der Waals surface area contributed by atoms with E-state index in [0.29, 0.717) is 11.7 Å². The smallest absolute Gasteiger partial charge is 0.172 e. The third-order valence-corrected chi connectivity index (χ3v) is 4.18. The van der Waals surface area contributed by atoms with Crippen LogP contribution in [-0.4, -0.2) is 26.4 Å². The highest BCUT2D eigenvalue weighted by atomic mass is 32.1. The molecular formula is C19H21N5S. The molecule has 0 saturated carbocycles. The van der Waals surface area contributed by atoms with Crippen LogP contribution in [0.2, 0.25) is 0 Å². The van der Waals surface area contributed by atoms with Crippen molar-refractivity contribution < 1.29 is 0 Å². The van der Waals surface area contributed by atoms with Gasteiger partial charge in [-0.3, -0.25) is 0 Å². The number of nitrogens with one attached hydrogen (secondary N) is 2. The molecule has 2 aromatic heterocycles. The zero-order chi connectivity index (χ0) is 18.0. The first kappa shape index (κ1) is 17.1. The van der Waals surface area contributed by atoms with Crippen molar-refractivity contribution in [3.63, 3.8) is 0 Å². The van der Waals surface area contributed by atoms with Crippen LogP contribution in [0.5, 0.6) is 0 Å². The Bertz CT molecular complexity index is 958. The summed E-state index contributed by atoms with van der Waals surface area (Å²) in [5.74, 6) is 1.54. The lowest BCUT2D eigenvalue weighted by molar-refractivity contribution is 0.843. The van der Waals surface area contributed by atoms with Crippen molar-refractivity contribution in [1.82, 2.24) is 20.1 Å². The molecular weight excluding hydrogens is 330 g/mol. The molecule has 2 heterocycles. The number of aryl methyl sites for hydroxylation is 3. The molecule has 1 aromatic carbocycles. The Balaban J connectivity index is 2.05. The Morgan fingerprint density at radius 3 is 2.80 bits per heavy atom. The fraction of sp³-hybridized carbons (Fsp3) is 0.211. The lowest BCUT2D eigenvalue weighted by Crippen LogP contribution is -2.29. The molecule has 0 amide bonds. The minimum Gasteiger partial charge on any atom is -0.359 e. The van der Waals surface area contributed by atoms with Gasteiger partial charge in [0.15, 0.2) is 10.9 Å². The molecule has 0 saturated heterocycles. The molecule has 0 spiro atoms. The zero-order valence-corrected chi connectivity index (χ0v) is 15.4. The highest BCUT2D eigenvalue weighted by Gasteiger charge is 2.12. The van der Waals surface area contributed by atoms with Crippen LogP contribution in [0.4, 0.5) is 5.82 Å². The quantitative estimate of drug-likeness (QED) is 0.553. The summed E-state index contributed by atoms with van der Waals surface area (Å²) < 4.78 is 1.79. The van der Waals surface area contributed by atoms with E-state index >= 15 is 0 Å². The molecule has 5 nitrogen and oxygen atoms in total. The van der Waals surface area contributed by atoms with Gasteiger partial charge in [0.2, 0.25) is 0 Å². The van der Waals surface area contributed by atoms with Gasteiger partial charge in [-0.25, -0.2) is 4.98 Å². The van der Waals surface area contributed by atoms with Crippen molar-refractivity contribution in [2.45, 2.75) is 20.8 Å². The Labute approximate surface area is 152 Å². The van der Waals surface area contributed by atoms with Crippen LogP contribution in [-0.2, 0) is 0 Å². The van der Waals surface area contributed by atoms with Crippen molar-refractivity contribution in [2.75, 3.05) is 11.9 Å². The lowest BCUT2D eigenvalue weighted by Gasteiger charge is -2.13. The molecule has 25 heavy (non-hydrogen) atoms. The van der Waals surface area contributed by atoms with Crippen molar-refractivity contribution in [1.29, 1.82) is 0 Å². The number of para-hydroxylation sites is 1. The molecule has 128 valence electrons. The van der Waals surface area contributed by atoms with Gasteiger partial charge < -0.3 is 10.6 Å². The second-order valence-electron chi connectivity index (χ2n) is 5.97. The van der Waals surface area contributed by atoms with Gasteiger partial charge in [-0.2, -0.15) is 9.78 Å². The average molecular weight is 351 g/mol. The normalized spacial score (nSPS) is 10.7. The van der Waals surface area contributed by atoms with Gasteiger partial charge in [0.1, 0.15) is 5.82 Å². The van der Waals surface area contributed by atoms with Gasteiger partial charge in [-0.15, -0.1) is 6.58 Å². The number of pyridine rings is 1. The highest BCUT2D eigenvalue weighted by molar-refractivity contribution is 7.80. The van der Waals surface area contributed by atoms with E-state index in [4.69, 9.17) is 17.2 Å². The second-order valence-corrected chi connectivity index (χ2v) is 6.38. The first-order valence-electron chi connectivity index (χ1n) is 8.09. The first-order chi connectivity index (χ1) is 12.0. The van der Waals surface area contributed by atoms with Gasteiger partial charge >= 0.3 is 0 Å². The Kier molecular flexibility index (Phi) is 4.81. The topological polar surface area (TPSA) is 54.8 Å². The number of thiocarbonyl (C=S) groups is 1. The molecule has 3 aromatic rings. The Morgan fingerprint density at radius 1 is 1.24 bits per heavy atom. The highest BCUT2D eigenvalue weighted by Crippen LogP contribution is 2.24. The van der Waals surface area contributed by atoms with Crippen molar-refractivity contribution in [2.24, 2.45) is 0 Å². The molecule has 0 aliphatic heterocycles. The number of rotatable bonds is 4. The van der Waals surface area contributed by atoms with Gasteiger partial charge in [0.05, 0.1) is 11.2 Å². The molecule has 0 aliphatic carbocycles.